The van der Waals surface area contributed by atoms with E-state index in [1.807, 2.05) is 0 Å². The van der Waals surface area contributed by atoms with Gasteiger partial charge in [0.05, 0.1) is 0 Å². The quantitative estimate of drug-likeness (QED) is 0.0351. The van der Waals surface area contributed by atoms with Crippen LogP contribution in [-0.2, 0) is 16.2 Å². The number of fused-ring (bicyclic) bond motifs is 9. The lowest BCUT2D eigenvalue weighted by Crippen LogP contribution is -2.26. The van der Waals surface area contributed by atoms with Crippen molar-refractivity contribution >= 4 is 34.1 Å². The van der Waals surface area contributed by atoms with Crippen molar-refractivity contribution in [3.63, 3.8) is 0 Å². The van der Waals surface area contributed by atoms with Gasteiger partial charge in [-0.25, -0.2) is 0 Å². The van der Waals surface area contributed by atoms with Crippen LogP contribution < -0.4 is 9.80 Å². The molecule has 3 aliphatic rings. The largest absolute Gasteiger partial charge is 0.310 e. The summed E-state index contributed by atoms with van der Waals surface area (Å²) in [5.74, 6) is 0.527. The van der Waals surface area contributed by atoms with Gasteiger partial charge >= 0.3 is 0 Å². The molecule has 0 radical (unpaired) electrons. The summed E-state index contributed by atoms with van der Waals surface area (Å²) >= 11 is 0. The molecule has 0 aromatic heterocycles. The molecule has 0 fully saturated rings. The number of para-hydroxylation sites is 2. The van der Waals surface area contributed by atoms with E-state index in [2.05, 4.69) is 314 Å². The molecule has 3 aliphatic carbocycles. The molecular formula is C121H152N2. The zero-order valence-corrected chi connectivity index (χ0v) is 77.5. The van der Waals surface area contributed by atoms with E-state index < -0.39 is 0 Å². The average molecular weight is 1630 g/mol. The van der Waals surface area contributed by atoms with Gasteiger partial charge in [0.1, 0.15) is 0 Å². The van der Waals surface area contributed by atoms with Crippen LogP contribution in [0.3, 0.4) is 0 Å². The molecule has 0 N–H and O–H groups in total. The molecule has 1 atom stereocenters. The van der Waals surface area contributed by atoms with Crippen molar-refractivity contribution in [1.82, 2.24) is 0 Å². The molecule has 0 bridgehead atoms. The topological polar surface area (TPSA) is 6.48 Å². The van der Waals surface area contributed by atoms with Crippen LogP contribution in [0.5, 0.6) is 0 Å². The Morgan fingerprint density at radius 2 is 0.415 bits per heavy atom. The minimum atomic E-state index is -0.152. The van der Waals surface area contributed by atoms with Gasteiger partial charge in [-0.1, -0.05) is 444 Å². The van der Waals surface area contributed by atoms with Crippen LogP contribution in [-0.4, -0.2) is 0 Å². The summed E-state index contributed by atoms with van der Waals surface area (Å²) in [6.45, 7) is 18.9. The number of hydrogen-bond acceptors (Lipinski definition) is 2. The smallest absolute Gasteiger partial charge is 0.0465 e. The standard InChI is InChI=1S/C121H152N2/c1-9-16-22-28-34-49-81-119(82-50-35-29-23-17-10-2)114-88-98(94-55-43-40-44-56-94)66-76-108(114)109-77-67-99(89-115(109)119)95-61-69-104(70-62-95)123(102-59-47-42-48-60-102)106-74-80-112-110-78-68-100(90-116(110)121(118(112)92-106,85-53-38-32-26-20-13-5)86-54-39-33-27-21-14-6)96-63-71-103(72-64-96)122(101-57-45-41-46-58-101)105-73-79-111-107-75-65-97(93(8)15-7)87-113(107)120(117(111)91-105,83-51-36-30-24-18-11-3)84-52-37-31-25-19-12-4/h40-48,55-80,87-93H,9-39,49-54,81-86H2,1-8H3. The van der Waals surface area contributed by atoms with Gasteiger partial charge in [0, 0.05) is 50.4 Å². The second kappa shape index (κ2) is 45.3. The second-order valence-electron chi connectivity index (χ2n) is 38.0. The normalized spacial score (nSPS) is 13.8. The average Bonchev–Trinajstić information content (AvgIpc) is 1.57. The van der Waals surface area contributed by atoms with Crippen LogP contribution in [0.25, 0.3) is 66.8 Å². The lowest BCUT2D eigenvalue weighted by molar-refractivity contribution is 0.397. The van der Waals surface area contributed by atoms with E-state index in [-0.39, 0.29) is 16.2 Å². The highest BCUT2D eigenvalue weighted by molar-refractivity contribution is 5.91. The molecule has 0 spiro atoms. The molecule has 1 unspecified atom stereocenters. The summed E-state index contributed by atoms with van der Waals surface area (Å²) in [6.07, 6.45) is 55.1. The molecule has 0 saturated heterocycles. The van der Waals surface area contributed by atoms with Crippen molar-refractivity contribution in [2.75, 3.05) is 9.80 Å². The number of nitrogens with zero attached hydrogens (tertiary/aromatic N) is 2. The summed E-state index contributed by atoms with van der Waals surface area (Å²) in [6, 6.07) is 99.1. The Morgan fingerprint density at radius 3 is 0.707 bits per heavy atom. The Kier molecular flexibility index (Phi) is 33.2. The van der Waals surface area contributed by atoms with E-state index in [0.29, 0.717) is 5.92 Å². The summed E-state index contributed by atoms with van der Waals surface area (Å²) in [5, 5.41) is 0. The maximum absolute atomic E-state index is 2.69. The van der Waals surface area contributed by atoms with Crippen LogP contribution in [0.2, 0.25) is 0 Å². The Hall–Kier alpha value is -8.98. The molecule has 0 heterocycles. The third-order valence-corrected chi connectivity index (χ3v) is 29.6. The SMILES string of the molecule is CCCCCCCCC1(CCCCCCCC)c2cc(-c3ccccc3)ccc2-c2ccc(-c3ccc(N(c4ccccc4)c4ccc5c(c4)C(CCCCCCCC)(CCCCCCCC)c4cc(-c6ccc(N(c7ccccc7)c7ccc8c(c7)C(CCCCCCCC)(CCCCCCCC)c7cc(C(C)CC)ccc7-8)cc6)ccc4-5)cc3)cc21. The number of rotatable bonds is 53. The summed E-state index contributed by atoms with van der Waals surface area (Å²) in [7, 11) is 0. The van der Waals surface area contributed by atoms with E-state index in [0.717, 1.165) is 19.3 Å². The highest BCUT2D eigenvalue weighted by Crippen LogP contribution is 2.61. The molecule has 2 nitrogen and oxygen atoms in total. The Labute approximate surface area is 747 Å². The maximum atomic E-state index is 2.69. The van der Waals surface area contributed by atoms with Gasteiger partial charge in [0.15, 0.2) is 0 Å². The Balaban J connectivity index is 0.822. The molecule has 14 rings (SSSR count). The lowest BCUT2D eigenvalue weighted by atomic mass is 9.70. The van der Waals surface area contributed by atoms with E-state index >= 15 is 0 Å². The molecule has 11 aromatic carbocycles. The van der Waals surface area contributed by atoms with Gasteiger partial charge in [-0.05, 0) is 248 Å². The van der Waals surface area contributed by atoms with Crippen LogP contribution in [0.1, 0.15) is 376 Å². The molecule has 0 amide bonds. The molecule has 646 valence electrons. The fourth-order valence-electron chi connectivity index (χ4n) is 22.4. The van der Waals surface area contributed by atoms with Crippen molar-refractivity contribution in [2.45, 2.75) is 354 Å². The van der Waals surface area contributed by atoms with E-state index in [9.17, 15) is 0 Å². The third-order valence-electron chi connectivity index (χ3n) is 29.6. The van der Waals surface area contributed by atoms with Crippen molar-refractivity contribution in [3.05, 3.63) is 288 Å². The fraction of sp³-hybridized carbons (Fsp3) is 0.455. The molecule has 0 aliphatic heterocycles. The summed E-state index contributed by atoms with van der Waals surface area (Å²) in [4.78, 5) is 5.14. The van der Waals surface area contributed by atoms with Crippen LogP contribution in [0, 0.1) is 0 Å². The molecular weight excluding hydrogens is 1480 g/mol. The number of benzene rings is 11. The van der Waals surface area contributed by atoms with Gasteiger partial charge in [0.25, 0.3) is 0 Å². The zero-order chi connectivity index (χ0) is 85.1. The number of hydrogen-bond donors (Lipinski definition) is 0. The van der Waals surface area contributed by atoms with Crippen LogP contribution >= 0.6 is 0 Å². The first-order chi connectivity index (χ1) is 60.6. The predicted octanol–water partition coefficient (Wildman–Crippen LogP) is 38.4. The number of anilines is 6. The van der Waals surface area contributed by atoms with Crippen molar-refractivity contribution < 1.29 is 0 Å². The van der Waals surface area contributed by atoms with E-state index in [4.69, 9.17) is 0 Å². The lowest BCUT2D eigenvalue weighted by Gasteiger charge is -2.34. The van der Waals surface area contributed by atoms with Crippen LogP contribution in [0.4, 0.5) is 34.1 Å². The highest BCUT2D eigenvalue weighted by Gasteiger charge is 2.46. The van der Waals surface area contributed by atoms with E-state index in [1.54, 1.807) is 22.3 Å². The van der Waals surface area contributed by atoms with Gasteiger partial charge < -0.3 is 9.80 Å². The first kappa shape index (κ1) is 90.3. The Bertz CT molecular complexity index is 4990. The fourth-order valence-corrected chi connectivity index (χ4v) is 22.4. The van der Waals surface area contributed by atoms with E-state index in [1.165, 1.54) is 374 Å². The van der Waals surface area contributed by atoms with Gasteiger partial charge in [-0.2, -0.15) is 0 Å². The Morgan fingerprint density at radius 1 is 0.195 bits per heavy atom. The van der Waals surface area contributed by atoms with Crippen molar-refractivity contribution in [2.24, 2.45) is 0 Å². The molecule has 11 aromatic rings. The molecule has 123 heavy (non-hydrogen) atoms. The first-order valence-electron chi connectivity index (χ1n) is 50.5. The summed E-state index contributed by atoms with van der Waals surface area (Å²) < 4.78 is 0. The third kappa shape index (κ3) is 21.1. The van der Waals surface area contributed by atoms with Crippen molar-refractivity contribution in [3.8, 4) is 66.8 Å². The number of unbranched alkanes of at least 4 members (excludes halogenated alkanes) is 30. The first-order valence-corrected chi connectivity index (χ1v) is 50.5. The minimum Gasteiger partial charge on any atom is -0.310 e. The minimum absolute atomic E-state index is 0.0312. The maximum Gasteiger partial charge on any atom is 0.0465 e. The van der Waals surface area contributed by atoms with Crippen molar-refractivity contribution in [1.29, 1.82) is 0 Å². The monoisotopic (exact) mass is 1630 g/mol. The highest BCUT2D eigenvalue weighted by atomic mass is 15.1. The van der Waals surface area contributed by atoms with Gasteiger partial charge in [-0.3, -0.25) is 0 Å². The van der Waals surface area contributed by atoms with Crippen LogP contribution in [0.15, 0.2) is 249 Å². The molecule has 2 heteroatoms. The van der Waals surface area contributed by atoms with Gasteiger partial charge in [0.2, 0.25) is 0 Å². The predicted molar refractivity (Wildman–Crippen MR) is 537 cm³/mol. The second-order valence-corrected chi connectivity index (χ2v) is 38.0. The zero-order valence-electron chi connectivity index (χ0n) is 77.5. The summed E-state index contributed by atoms with van der Waals surface area (Å²) in [5.41, 5.74) is 34.4. The molecule has 0 saturated carbocycles. The van der Waals surface area contributed by atoms with Gasteiger partial charge in [-0.15, -0.1) is 0 Å².